The average Bonchev–Trinajstić information content (AvgIpc) is 2.14. The SMILES string of the molecule is CCC(C)Oc1cc(=O)c(Cl)nn1C. The molecular weight excluding hydrogens is 204 g/mol. The summed E-state index contributed by atoms with van der Waals surface area (Å²) in [4.78, 5) is 11.2. The number of hydrogen-bond acceptors (Lipinski definition) is 3. The number of aromatic nitrogens is 2. The lowest BCUT2D eigenvalue weighted by atomic mass is 10.3. The molecule has 1 rings (SSSR count). The molecule has 14 heavy (non-hydrogen) atoms. The molecule has 1 atom stereocenters. The van der Waals surface area contributed by atoms with Crippen LogP contribution in [0.3, 0.4) is 0 Å². The van der Waals surface area contributed by atoms with Gasteiger partial charge in [0.05, 0.1) is 12.2 Å². The van der Waals surface area contributed by atoms with Crippen molar-refractivity contribution in [3.05, 3.63) is 21.4 Å². The first-order valence-electron chi connectivity index (χ1n) is 4.45. The van der Waals surface area contributed by atoms with E-state index in [1.165, 1.54) is 10.7 Å². The Labute approximate surface area is 87.5 Å². The van der Waals surface area contributed by atoms with E-state index >= 15 is 0 Å². The largest absolute Gasteiger partial charge is 0.475 e. The fourth-order valence-electron chi connectivity index (χ4n) is 0.895. The summed E-state index contributed by atoms with van der Waals surface area (Å²) in [7, 11) is 1.68. The number of rotatable bonds is 3. The first-order chi connectivity index (χ1) is 6.54. The molecule has 1 unspecified atom stereocenters. The van der Waals surface area contributed by atoms with Crippen LogP contribution in [-0.2, 0) is 7.05 Å². The molecule has 0 spiro atoms. The van der Waals surface area contributed by atoms with Crippen molar-refractivity contribution in [2.75, 3.05) is 0 Å². The van der Waals surface area contributed by atoms with Crippen LogP contribution in [0, 0.1) is 0 Å². The lowest BCUT2D eigenvalue weighted by Crippen LogP contribution is -2.18. The highest BCUT2D eigenvalue weighted by Gasteiger charge is 2.07. The van der Waals surface area contributed by atoms with Gasteiger partial charge in [0.2, 0.25) is 11.3 Å². The molecule has 0 radical (unpaired) electrons. The van der Waals surface area contributed by atoms with Crippen LogP contribution in [-0.4, -0.2) is 15.9 Å². The molecule has 0 saturated heterocycles. The monoisotopic (exact) mass is 216 g/mol. The quantitative estimate of drug-likeness (QED) is 0.771. The summed E-state index contributed by atoms with van der Waals surface area (Å²) in [5.41, 5.74) is -0.317. The Morgan fingerprint density at radius 3 is 2.93 bits per heavy atom. The Hall–Kier alpha value is -1.03. The van der Waals surface area contributed by atoms with Crippen molar-refractivity contribution in [2.24, 2.45) is 7.05 Å². The summed E-state index contributed by atoms with van der Waals surface area (Å²) in [5, 5.41) is 3.77. The van der Waals surface area contributed by atoms with Gasteiger partial charge in [0.25, 0.3) is 0 Å². The zero-order valence-electron chi connectivity index (χ0n) is 8.45. The van der Waals surface area contributed by atoms with E-state index in [0.717, 1.165) is 6.42 Å². The van der Waals surface area contributed by atoms with Gasteiger partial charge in [0, 0.05) is 7.05 Å². The van der Waals surface area contributed by atoms with Gasteiger partial charge in [-0.1, -0.05) is 18.5 Å². The van der Waals surface area contributed by atoms with Gasteiger partial charge in [-0.25, -0.2) is 4.68 Å². The number of halogens is 1. The van der Waals surface area contributed by atoms with Crippen LogP contribution in [0.5, 0.6) is 5.88 Å². The van der Waals surface area contributed by atoms with Crippen molar-refractivity contribution < 1.29 is 4.74 Å². The normalized spacial score (nSPS) is 12.6. The molecule has 0 N–H and O–H groups in total. The highest BCUT2D eigenvalue weighted by atomic mass is 35.5. The molecule has 1 aromatic heterocycles. The fraction of sp³-hybridized carbons (Fsp3) is 0.556. The Morgan fingerprint density at radius 2 is 2.36 bits per heavy atom. The van der Waals surface area contributed by atoms with Gasteiger partial charge in [-0.3, -0.25) is 4.79 Å². The summed E-state index contributed by atoms with van der Waals surface area (Å²) in [5.74, 6) is 0.439. The molecule has 5 heteroatoms. The molecule has 0 aliphatic heterocycles. The van der Waals surface area contributed by atoms with Gasteiger partial charge in [0.15, 0.2) is 5.15 Å². The maximum absolute atomic E-state index is 11.2. The van der Waals surface area contributed by atoms with Crippen LogP contribution in [0.25, 0.3) is 0 Å². The zero-order chi connectivity index (χ0) is 10.7. The van der Waals surface area contributed by atoms with E-state index in [4.69, 9.17) is 16.3 Å². The molecule has 0 aliphatic rings. The van der Waals surface area contributed by atoms with Crippen molar-refractivity contribution in [1.82, 2.24) is 9.78 Å². The predicted molar refractivity (Wildman–Crippen MR) is 54.9 cm³/mol. The standard InChI is InChI=1S/C9H13ClN2O2/c1-4-6(2)14-8-5-7(13)9(10)11-12(8)3/h5-6H,4H2,1-3H3. The van der Waals surface area contributed by atoms with Gasteiger partial charge in [0.1, 0.15) is 0 Å². The van der Waals surface area contributed by atoms with E-state index < -0.39 is 0 Å². The third-order valence-electron chi connectivity index (χ3n) is 1.91. The first kappa shape index (κ1) is 11.0. The van der Waals surface area contributed by atoms with Crippen molar-refractivity contribution >= 4 is 11.6 Å². The molecule has 0 aliphatic carbocycles. The average molecular weight is 217 g/mol. The molecule has 4 nitrogen and oxygen atoms in total. The van der Waals surface area contributed by atoms with Crippen LogP contribution in [0.1, 0.15) is 20.3 Å². The van der Waals surface area contributed by atoms with Crippen LogP contribution < -0.4 is 10.2 Å². The number of aryl methyl sites for hydroxylation is 1. The van der Waals surface area contributed by atoms with Crippen molar-refractivity contribution in [1.29, 1.82) is 0 Å². The third kappa shape index (κ3) is 2.48. The van der Waals surface area contributed by atoms with Crippen LogP contribution in [0.4, 0.5) is 0 Å². The molecule has 0 aromatic carbocycles. The Balaban J connectivity index is 2.98. The molecule has 0 amide bonds. The maximum atomic E-state index is 11.2. The second-order valence-electron chi connectivity index (χ2n) is 3.10. The second kappa shape index (κ2) is 4.46. The van der Waals surface area contributed by atoms with Gasteiger partial charge in [-0.05, 0) is 13.3 Å². The van der Waals surface area contributed by atoms with E-state index in [9.17, 15) is 4.79 Å². The lowest BCUT2D eigenvalue weighted by Gasteiger charge is -2.14. The lowest BCUT2D eigenvalue weighted by molar-refractivity contribution is 0.195. The molecule has 1 heterocycles. The smallest absolute Gasteiger partial charge is 0.222 e. The topological polar surface area (TPSA) is 44.1 Å². The molecule has 0 fully saturated rings. The van der Waals surface area contributed by atoms with Crippen LogP contribution >= 0.6 is 11.6 Å². The van der Waals surface area contributed by atoms with Crippen molar-refractivity contribution in [2.45, 2.75) is 26.4 Å². The van der Waals surface area contributed by atoms with Crippen molar-refractivity contribution in [3.8, 4) is 5.88 Å². The van der Waals surface area contributed by atoms with E-state index in [2.05, 4.69) is 5.10 Å². The second-order valence-corrected chi connectivity index (χ2v) is 3.46. The van der Waals surface area contributed by atoms with Crippen molar-refractivity contribution in [3.63, 3.8) is 0 Å². The summed E-state index contributed by atoms with van der Waals surface area (Å²) in [6.45, 7) is 3.94. The maximum Gasteiger partial charge on any atom is 0.222 e. The van der Waals surface area contributed by atoms with E-state index in [1.807, 2.05) is 13.8 Å². The minimum Gasteiger partial charge on any atom is -0.475 e. The fourth-order valence-corrected chi connectivity index (χ4v) is 1.06. The first-order valence-corrected chi connectivity index (χ1v) is 4.83. The Kier molecular flexibility index (Phi) is 3.52. The summed E-state index contributed by atoms with van der Waals surface area (Å²) >= 11 is 5.56. The van der Waals surface area contributed by atoms with Gasteiger partial charge in [-0.15, -0.1) is 0 Å². The van der Waals surface area contributed by atoms with E-state index in [0.29, 0.717) is 5.88 Å². The summed E-state index contributed by atoms with van der Waals surface area (Å²) in [6.07, 6.45) is 0.931. The van der Waals surface area contributed by atoms with E-state index in [-0.39, 0.29) is 16.7 Å². The molecule has 0 saturated carbocycles. The molecular formula is C9H13ClN2O2. The summed E-state index contributed by atoms with van der Waals surface area (Å²) < 4.78 is 6.93. The third-order valence-corrected chi connectivity index (χ3v) is 2.17. The number of nitrogens with zero attached hydrogens (tertiary/aromatic N) is 2. The minimum absolute atomic E-state index is 0.0380. The predicted octanol–water partition coefficient (Wildman–Crippen LogP) is 1.61. The Morgan fingerprint density at radius 1 is 1.71 bits per heavy atom. The molecule has 0 bridgehead atoms. The number of hydrogen-bond donors (Lipinski definition) is 0. The van der Waals surface area contributed by atoms with Gasteiger partial charge >= 0.3 is 0 Å². The highest BCUT2D eigenvalue weighted by molar-refractivity contribution is 6.29. The van der Waals surface area contributed by atoms with Gasteiger partial charge < -0.3 is 4.74 Å². The minimum atomic E-state index is -0.317. The molecule has 1 aromatic rings. The van der Waals surface area contributed by atoms with Crippen LogP contribution in [0.2, 0.25) is 5.15 Å². The summed E-state index contributed by atoms with van der Waals surface area (Å²) in [6, 6.07) is 1.35. The number of ether oxygens (including phenoxy) is 1. The highest BCUT2D eigenvalue weighted by Crippen LogP contribution is 2.10. The van der Waals surface area contributed by atoms with Crippen LogP contribution in [0.15, 0.2) is 10.9 Å². The molecule has 78 valence electrons. The Bertz CT molecular complexity index is 376. The van der Waals surface area contributed by atoms with E-state index in [1.54, 1.807) is 7.05 Å². The zero-order valence-corrected chi connectivity index (χ0v) is 9.21. The van der Waals surface area contributed by atoms with Gasteiger partial charge in [-0.2, -0.15) is 5.10 Å².